The number of aromatic nitrogens is 1. The number of sulfone groups is 1. The normalized spacial score (nSPS) is 11.4. The summed E-state index contributed by atoms with van der Waals surface area (Å²) in [5.41, 5.74) is 1.54. The molecule has 0 atom stereocenters. The maximum atomic E-state index is 11.3. The van der Waals surface area contributed by atoms with Crippen molar-refractivity contribution in [2.45, 2.75) is 12.2 Å². The number of rotatable bonds is 5. The molecule has 1 N–H and O–H groups in total. The van der Waals surface area contributed by atoms with Crippen molar-refractivity contribution in [2.75, 3.05) is 5.75 Å². The summed E-state index contributed by atoms with van der Waals surface area (Å²) in [5, 5.41) is 8.33. The number of nitrogens with zero attached hydrogens (tertiary/aromatic N) is 1. The average molecular weight is 235 g/mol. The van der Waals surface area contributed by atoms with Crippen molar-refractivity contribution < 1.29 is 18.3 Å². The largest absolute Gasteiger partial charge is 0.481 e. The van der Waals surface area contributed by atoms with Crippen LogP contribution in [0.3, 0.4) is 0 Å². The van der Waals surface area contributed by atoms with Crippen LogP contribution in [0.25, 0.3) is 0 Å². The fourth-order valence-electron chi connectivity index (χ4n) is 0.845. The monoisotopic (exact) mass is 235 g/mol. The van der Waals surface area contributed by atoms with E-state index in [9.17, 15) is 13.2 Å². The van der Waals surface area contributed by atoms with Crippen LogP contribution in [0.2, 0.25) is 0 Å². The van der Waals surface area contributed by atoms with E-state index in [1.54, 1.807) is 5.51 Å². The molecule has 0 aliphatic heterocycles. The van der Waals surface area contributed by atoms with Crippen molar-refractivity contribution in [3.05, 3.63) is 16.6 Å². The molecule has 78 valence electrons. The van der Waals surface area contributed by atoms with Gasteiger partial charge in [-0.3, -0.25) is 9.78 Å². The Balaban J connectivity index is 2.55. The highest BCUT2D eigenvalue weighted by atomic mass is 32.2. The molecule has 5 nitrogen and oxygen atoms in total. The zero-order chi connectivity index (χ0) is 10.6. The van der Waals surface area contributed by atoms with Gasteiger partial charge in [0, 0.05) is 11.1 Å². The molecule has 0 aliphatic carbocycles. The summed E-state index contributed by atoms with van der Waals surface area (Å²) in [5.74, 6) is -1.54. The Morgan fingerprint density at radius 3 is 2.79 bits per heavy atom. The third kappa shape index (κ3) is 3.84. The van der Waals surface area contributed by atoms with Crippen molar-refractivity contribution in [1.29, 1.82) is 0 Å². The molecule has 1 aromatic heterocycles. The molecule has 7 heteroatoms. The van der Waals surface area contributed by atoms with E-state index in [4.69, 9.17) is 5.11 Å². The van der Waals surface area contributed by atoms with Gasteiger partial charge in [0.1, 0.15) is 0 Å². The van der Waals surface area contributed by atoms with Gasteiger partial charge in [0.05, 0.1) is 23.4 Å². The van der Waals surface area contributed by atoms with Crippen LogP contribution < -0.4 is 0 Å². The van der Waals surface area contributed by atoms with Gasteiger partial charge in [-0.25, -0.2) is 8.42 Å². The standard InChI is InChI=1S/C7H9NO4S2/c9-7(10)1-2-14(11,12)4-6-3-8-5-13-6/h3,5H,1-2,4H2,(H,9,10). The average Bonchev–Trinajstić information content (AvgIpc) is 2.53. The second-order valence-electron chi connectivity index (χ2n) is 2.70. The third-order valence-electron chi connectivity index (χ3n) is 1.47. The lowest BCUT2D eigenvalue weighted by molar-refractivity contribution is -0.136. The number of carboxylic acids is 1. The molecule has 0 aromatic carbocycles. The minimum absolute atomic E-state index is 0.120. The number of hydrogen-bond acceptors (Lipinski definition) is 5. The van der Waals surface area contributed by atoms with Crippen molar-refractivity contribution in [1.82, 2.24) is 4.98 Å². The van der Waals surface area contributed by atoms with Crippen molar-refractivity contribution in [3.63, 3.8) is 0 Å². The number of carbonyl (C=O) groups is 1. The quantitative estimate of drug-likeness (QED) is 0.804. The van der Waals surface area contributed by atoms with Gasteiger partial charge in [-0.15, -0.1) is 11.3 Å². The lowest BCUT2D eigenvalue weighted by Gasteiger charge is -1.99. The lowest BCUT2D eigenvalue weighted by atomic mass is 10.5. The predicted molar refractivity (Wildman–Crippen MR) is 51.9 cm³/mol. The van der Waals surface area contributed by atoms with Crippen LogP contribution in [0.1, 0.15) is 11.3 Å². The van der Waals surface area contributed by atoms with E-state index < -0.39 is 15.8 Å². The first-order valence-corrected chi connectivity index (χ1v) is 6.49. The molecular formula is C7H9NO4S2. The Bertz CT molecular complexity index is 395. The van der Waals surface area contributed by atoms with Crippen LogP contribution in [-0.2, 0) is 20.4 Å². The summed E-state index contributed by atoms with van der Waals surface area (Å²) < 4.78 is 22.6. The van der Waals surface area contributed by atoms with Crippen LogP contribution >= 0.6 is 11.3 Å². The van der Waals surface area contributed by atoms with Crippen LogP contribution in [0.5, 0.6) is 0 Å². The number of carboxylic acid groups (broad SMARTS) is 1. The maximum absolute atomic E-state index is 11.3. The molecule has 0 radical (unpaired) electrons. The summed E-state index contributed by atoms with van der Waals surface area (Å²) >= 11 is 1.25. The topological polar surface area (TPSA) is 84.3 Å². The summed E-state index contributed by atoms with van der Waals surface area (Å²) in [6.07, 6.45) is 1.13. The van der Waals surface area contributed by atoms with E-state index in [2.05, 4.69) is 4.98 Å². The first-order chi connectivity index (χ1) is 6.49. The SMILES string of the molecule is O=C(O)CCS(=O)(=O)Cc1cncs1. The molecule has 0 fully saturated rings. The van der Waals surface area contributed by atoms with Crippen LogP contribution in [0, 0.1) is 0 Å². The van der Waals surface area contributed by atoms with Gasteiger partial charge in [-0.2, -0.15) is 0 Å². The molecule has 0 aliphatic rings. The second-order valence-corrected chi connectivity index (χ2v) is 5.86. The van der Waals surface area contributed by atoms with Gasteiger partial charge in [0.15, 0.2) is 9.84 Å². The Hall–Kier alpha value is -0.950. The van der Waals surface area contributed by atoms with E-state index in [-0.39, 0.29) is 17.9 Å². The van der Waals surface area contributed by atoms with Gasteiger partial charge < -0.3 is 5.11 Å². The first kappa shape index (κ1) is 11.1. The molecule has 1 aromatic rings. The van der Waals surface area contributed by atoms with Crippen molar-refractivity contribution >= 4 is 27.1 Å². The van der Waals surface area contributed by atoms with Crippen molar-refractivity contribution in [2.24, 2.45) is 0 Å². The number of aliphatic carboxylic acids is 1. The lowest BCUT2D eigenvalue weighted by Crippen LogP contribution is -2.12. The summed E-state index contributed by atoms with van der Waals surface area (Å²) in [7, 11) is -3.31. The smallest absolute Gasteiger partial charge is 0.304 e. The Morgan fingerprint density at radius 2 is 2.29 bits per heavy atom. The first-order valence-electron chi connectivity index (χ1n) is 3.79. The zero-order valence-corrected chi connectivity index (χ0v) is 8.84. The zero-order valence-electron chi connectivity index (χ0n) is 7.21. The molecule has 0 unspecified atom stereocenters. The molecule has 0 amide bonds. The highest BCUT2D eigenvalue weighted by Gasteiger charge is 2.14. The van der Waals surface area contributed by atoms with E-state index in [1.807, 2.05) is 0 Å². The van der Waals surface area contributed by atoms with Gasteiger partial charge in [0.2, 0.25) is 0 Å². The minimum Gasteiger partial charge on any atom is -0.481 e. The van der Waals surface area contributed by atoms with E-state index in [0.29, 0.717) is 4.88 Å². The summed E-state index contributed by atoms with van der Waals surface area (Å²) in [4.78, 5) is 14.5. The van der Waals surface area contributed by atoms with Gasteiger partial charge >= 0.3 is 5.97 Å². The fourth-order valence-corrected chi connectivity index (χ4v) is 3.17. The van der Waals surface area contributed by atoms with Gasteiger partial charge in [-0.05, 0) is 0 Å². The van der Waals surface area contributed by atoms with Crippen LogP contribution in [-0.4, -0.2) is 30.2 Å². The molecule has 0 spiro atoms. The minimum atomic E-state index is -3.31. The number of thiazole rings is 1. The highest BCUT2D eigenvalue weighted by Crippen LogP contribution is 2.11. The maximum Gasteiger partial charge on any atom is 0.304 e. The Labute approximate surface area is 85.3 Å². The molecular weight excluding hydrogens is 226 g/mol. The molecule has 0 saturated heterocycles. The fraction of sp³-hybridized carbons (Fsp3) is 0.429. The van der Waals surface area contributed by atoms with Crippen LogP contribution in [0.15, 0.2) is 11.7 Å². The van der Waals surface area contributed by atoms with Gasteiger partial charge in [-0.1, -0.05) is 0 Å². The van der Waals surface area contributed by atoms with Gasteiger partial charge in [0.25, 0.3) is 0 Å². The number of hydrogen-bond donors (Lipinski definition) is 1. The molecule has 14 heavy (non-hydrogen) atoms. The van der Waals surface area contributed by atoms with E-state index >= 15 is 0 Å². The second kappa shape index (κ2) is 4.52. The molecule has 1 heterocycles. The molecule has 0 bridgehead atoms. The Morgan fingerprint density at radius 1 is 1.57 bits per heavy atom. The highest BCUT2D eigenvalue weighted by molar-refractivity contribution is 7.90. The summed E-state index contributed by atoms with van der Waals surface area (Å²) in [6.45, 7) is 0. The molecule has 0 saturated carbocycles. The van der Waals surface area contributed by atoms with Crippen LogP contribution in [0.4, 0.5) is 0 Å². The Kier molecular flexibility index (Phi) is 3.59. The third-order valence-corrected chi connectivity index (χ3v) is 4.01. The molecule has 1 rings (SSSR count). The summed E-state index contributed by atoms with van der Waals surface area (Å²) in [6, 6.07) is 0. The van der Waals surface area contributed by atoms with Crippen molar-refractivity contribution in [3.8, 4) is 0 Å². The van der Waals surface area contributed by atoms with E-state index in [1.165, 1.54) is 17.5 Å². The van der Waals surface area contributed by atoms with E-state index in [0.717, 1.165) is 0 Å². The predicted octanol–water partition coefficient (Wildman–Crippen LogP) is 0.533.